The minimum Gasteiger partial charge on any atom is -0.457 e. The lowest BCUT2D eigenvalue weighted by atomic mass is 10.0. The van der Waals surface area contributed by atoms with E-state index in [-0.39, 0.29) is 32.3 Å². The van der Waals surface area contributed by atoms with Gasteiger partial charge in [-0.3, -0.25) is 13.8 Å². The summed E-state index contributed by atoms with van der Waals surface area (Å²) in [5.74, 6) is -0.328. The maximum Gasteiger partial charge on any atom is 0.472 e. The molecule has 2 unspecified atom stereocenters. The van der Waals surface area contributed by atoms with Crippen molar-refractivity contribution in [3.05, 3.63) is 0 Å². The predicted octanol–water partition coefficient (Wildman–Crippen LogP) is 12.1. The molecule has 0 aromatic carbocycles. The SMILES string of the molecule is CCCCCCCCCCCCCCCCCCCCCCOCC(COP(=O)(O)OCCN)OC(=O)CCCCCCCCCCCC. The maximum absolute atomic E-state index is 12.5. The molecule has 49 heavy (non-hydrogen) atoms. The highest BCUT2D eigenvalue weighted by Gasteiger charge is 2.25. The van der Waals surface area contributed by atoms with E-state index in [1.807, 2.05) is 0 Å². The number of hydrogen-bond acceptors (Lipinski definition) is 7. The van der Waals surface area contributed by atoms with Gasteiger partial charge in [0.25, 0.3) is 0 Å². The second-order valence-electron chi connectivity index (χ2n) is 14.2. The molecule has 294 valence electrons. The van der Waals surface area contributed by atoms with Crippen LogP contribution in [0.2, 0.25) is 0 Å². The molecule has 0 rings (SSSR count). The van der Waals surface area contributed by atoms with Crippen LogP contribution in [0.1, 0.15) is 213 Å². The van der Waals surface area contributed by atoms with Gasteiger partial charge in [0, 0.05) is 19.6 Å². The van der Waals surface area contributed by atoms with Gasteiger partial charge in [0.05, 0.1) is 19.8 Å². The molecule has 0 aliphatic heterocycles. The van der Waals surface area contributed by atoms with Gasteiger partial charge in [-0.05, 0) is 12.8 Å². The van der Waals surface area contributed by atoms with Gasteiger partial charge < -0.3 is 20.1 Å². The van der Waals surface area contributed by atoms with Gasteiger partial charge in [-0.2, -0.15) is 0 Å². The molecule has 3 N–H and O–H groups in total. The fourth-order valence-corrected chi connectivity index (χ4v) is 6.94. The van der Waals surface area contributed by atoms with Crippen LogP contribution >= 0.6 is 7.82 Å². The van der Waals surface area contributed by atoms with Crippen molar-refractivity contribution in [2.24, 2.45) is 5.73 Å². The first kappa shape index (κ1) is 48.5. The Morgan fingerprint density at radius 1 is 0.531 bits per heavy atom. The van der Waals surface area contributed by atoms with Crippen LogP contribution in [0, 0.1) is 0 Å². The summed E-state index contributed by atoms with van der Waals surface area (Å²) >= 11 is 0. The van der Waals surface area contributed by atoms with E-state index in [9.17, 15) is 14.3 Å². The summed E-state index contributed by atoms with van der Waals surface area (Å²) < 4.78 is 33.3. The van der Waals surface area contributed by atoms with E-state index in [1.54, 1.807) is 0 Å². The normalized spacial score (nSPS) is 13.5. The molecule has 0 spiro atoms. The largest absolute Gasteiger partial charge is 0.472 e. The number of carbonyl (C=O) groups is 1. The summed E-state index contributed by atoms with van der Waals surface area (Å²) in [6.07, 6.45) is 38.4. The number of rotatable bonds is 41. The van der Waals surface area contributed by atoms with E-state index < -0.39 is 13.9 Å². The summed E-state index contributed by atoms with van der Waals surface area (Å²) in [6.45, 7) is 4.96. The highest BCUT2D eigenvalue weighted by molar-refractivity contribution is 7.47. The molecule has 0 aromatic rings. The summed E-state index contributed by atoms with van der Waals surface area (Å²) in [5.41, 5.74) is 5.36. The topological polar surface area (TPSA) is 117 Å². The second-order valence-corrected chi connectivity index (χ2v) is 15.7. The van der Waals surface area contributed by atoms with Gasteiger partial charge in [0.15, 0.2) is 0 Å². The Balaban J connectivity index is 3.90. The molecule has 2 atom stereocenters. The Morgan fingerprint density at radius 2 is 0.898 bits per heavy atom. The number of hydrogen-bond donors (Lipinski definition) is 2. The van der Waals surface area contributed by atoms with Crippen LogP contribution in [-0.4, -0.2) is 49.9 Å². The third kappa shape index (κ3) is 38.6. The first-order chi connectivity index (χ1) is 23.9. The highest BCUT2D eigenvalue weighted by atomic mass is 31.2. The van der Waals surface area contributed by atoms with Crippen LogP contribution < -0.4 is 5.73 Å². The predicted molar refractivity (Wildman–Crippen MR) is 206 cm³/mol. The molecule has 0 radical (unpaired) electrons. The van der Waals surface area contributed by atoms with Crippen LogP contribution in [0.4, 0.5) is 0 Å². The molecule has 0 aromatic heterocycles. The number of phosphoric ester groups is 1. The standard InChI is InChI=1S/C40H82NO7P/c1-3-5-7-9-11-13-15-16-17-18-19-20-21-22-23-24-26-28-30-32-35-45-37-39(38-47-49(43,44)46-36-34-41)48-40(42)33-31-29-27-25-14-12-10-8-6-4-2/h39H,3-38,41H2,1-2H3,(H,43,44). The van der Waals surface area contributed by atoms with Crippen molar-refractivity contribution in [3.8, 4) is 0 Å². The molecule has 0 heterocycles. The van der Waals surface area contributed by atoms with E-state index >= 15 is 0 Å². The Morgan fingerprint density at radius 3 is 1.29 bits per heavy atom. The van der Waals surface area contributed by atoms with Crippen LogP contribution in [-0.2, 0) is 27.9 Å². The minimum absolute atomic E-state index is 0.0904. The first-order valence-corrected chi connectivity index (χ1v) is 22.5. The molecule has 0 bridgehead atoms. The Kier molecular flexibility index (Phi) is 38.3. The van der Waals surface area contributed by atoms with Crippen molar-refractivity contribution in [3.63, 3.8) is 0 Å². The van der Waals surface area contributed by atoms with Gasteiger partial charge in [-0.25, -0.2) is 4.57 Å². The number of phosphoric acid groups is 1. The molecule has 0 aliphatic carbocycles. The van der Waals surface area contributed by atoms with Gasteiger partial charge in [-0.1, -0.05) is 194 Å². The number of nitrogens with two attached hydrogens (primary N) is 1. The zero-order valence-electron chi connectivity index (χ0n) is 32.5. The Labute approximate surface area is 303 Å². The zero-order chi connectivity index (χ0) is 35.9. The van der Waals surface area contributed by atoms with Crippen molar-refractivity contribution in [1.29, 1.82) is 0 Å². The zero-order valence-corrected chi connectivity index (χ0v) is 33.3. The van der Waals surface area contributed by atoms with Crippen molar-refractivity contribution >= 4 is 13.8 Å². The first-order valence-electron chi connectivity index (χ1n) is 21.0. The molecule has 0 amide bonds. The van der Waals surface area contributed by atoms with Crippen molar-refractivity contribution in [2.45, 2.75) is 219 Å². The molecule has 9 heteroatoms. The molecule has 0 fully saturated rings. The van der Waals surface area contributed by atoms with Crippen LogP contribution in [0.15, 0.2) is 0 Å². The molecule has 0 aliphatic rings. The number of unbranched alkanes of at least 4 members (excludes halogenated alkanes) is 28. The van der Waals surface area contributed by atoms with Crippen LogP contribution in [0.3, 0.4) is 0 Å². The lowest BCUT2D eigenvalue weighted by Crippen LogP contribution is -2.28. The van der Waals surface area contributed by atoms with Crippen molar-refractivity contribution in [2.75, 3.05) is 33.0 Å². The monoisotopic (exact) mass is 720 g/mol. The van der Waals surface area contributed by atoms with E-state index in [2.05, 4.69) is 13.8 Å². The maximum atomic E-state index is 12.5. The minimum atomic E-state index is -4.26. The van der Waals surface area contributed by atoms with Gasteiger partial charge in [0.1, 0.15) is 6.10 Å². The van der Waals surface area contributed by atoms with Crippen molar-refractivity contribution in [1.82, 2.24) is 0 Å². The van der Waals surface area contributed by atoms with Crippen LogP contribution in [0.25, 0.3) is 0 Å². The van der Waals surface area contributed by atoms with Gasteiger partial charge in [-0.15, -0.1) is 0 Å². The van der Waals surface area contributed by atoms with Crippen molar-refractivity contribution < 1.29 is 32.8 Å². The second kappa shape index (κ2) is 38.7. The molecule has 0 saturated carbocycles. The lowest BCUT2D eigenvalue weighted by molar-refractivity contribution is -0.154. The summed E-state index contributed by atoms with van der Waals surface area (Å²) in [5, 5.41) is 0. The van der Waals surface area contributed by atoms with E-state index in [1.165, 1.54) is 161 Å². The van der Waals surface area contributed by atoms with Gasteiger partial charge in [0.2, 0.25) is 0 Å². The molecule has 8 nitrogen and oxygen atoms in total. The quantitative estimate of drug-likeness (QED) is 0.0364. The molecular formula is C40H82NO7P. The average molecular weight is 720 g/mol. The van der Waals surface area contributed by atoms with E-state index in [0.717, 1.165) is 32.1 Å². The Bertz CT molecular complexity index is 727. The highest BCUT2D eigenvalue weighted by Crippen LogP contribution is 2.43. The number of ether oxygens (including phenoxy) is 2. The number of esters is 1. The summed E-state index contributed by atoms with van der Waals surface area (Å²) in [6, 6.07) is 0. The summed E-state index contributed by atoms with van der Waals surface area (Å²) in [7, 11) is -4.26. The lowest BCUT2D eigenvalue weighted by Gasteiger charge is -2.20. The average Bonchev–Trinajstić information content (AvgIpc) is 3.09. The molecular weight excluding hydrogens is 637 g/mol. The number of carbonyl (C=O) groups excluding carboxylic acids is 1. The Hall–Kier alpha value is -0.500. The van der Waals surface area contributed by atoms with E-state index in [0.29, 0.717) is 13.0 Å². The smallest absolute Gasteiger partial charge is 0.457 e. The van der Waals surface area contributed by atoms with E-state index in [4.69, 9.17) is 24.3 Å². The summed E-state index contributed by atoms with van der Waals surface area (Å²) in [4.78, 5) is 22.4. The van der Waals surface area contributed by atoms with Gasteiger partial charge >= 0.3 is 13.8 Å². The third-order valence-electron chi connectivity index (χ3n) is 9.27. The van der Waals surface area contributed by atoms with Crippen LogP contribution in [0.5, 0.6) is 0 Å². The fourth-order valence-electron chi connectivity index (χ4n) is 6.17. The fraction of sp³-hybridized carbons (Fsp3) is 0.975. The molecule has 0 saturated heterocycles. The third-order valence-corrected chi connectivity index (χ3v) is 10.3.